The normalized spacial score (nSPS) is 11.2. The van der Waals surface area contributed by atoms with Crippen LogP contribution in [0.3, 0.4) is 0 Å². The van der Waals surface area contributed by atoms with E-state index in [-0.39, 0.29) is 5.75 Å². The van der Waals surface area contributed by atoms with Crippen LogP contribution >= 0.6 is 11.6 Å². The molecule has 0 amide bonds. The maximum Gasteiger partial charge on any atom is 0.151 e. The third-order valence-corrected chi connectivity index (χ3v) is 3.55. The average molecular weight is 288 g/mol. The fourth-order valence-electron chi connectivity index (χ4n) is 1.57. The van der Waals surface area contributed by atoms with Crippen molar-refractivity contribution in [3.05, 3.63) is 41.4 Å². The lowest BCUT2D eigenvalue weighted by molar-refractivity contribution is 0.601. The molecule has 0 unspecified atom stereocenters. The van der Waals surface area contributed by atoms with Gasteiger partial charge in [-0.15, -0.1) is 6.58 Å². The summed E-state index contributed by atoms with van der Waals surface area (Å²) in [6.07, 6.45) is 4.99. The quantitative estimate of drug-likeness (QED) is 0.618. The SMILES string of the molecule is C=CCCCNc1cc(CS(C)(=O)=O)ccc1Cl. The summed E-state index contributed by atoms with van der Waals surface area (Å²) in [5.41, 5.74) is 1.52. The van der Waals surface area contributed by atoms with Crippen LogP contribution < -0.4 is 5.32 Å². The first-order chi connectivity index (χ1) is 8.42. The smallest absolute Gasteiger partial charge is 0.151 e. The molecule has 0 spiro atoms. The average Bonchev–Trinajstić information content (AvgIpc) is 2.26. The van der Waals surface area contributed by atoms with Crippen LogP contribution in [0.25, 0.3) is 0 Å². The number of allylic oxidation sites excluding steroid dienone is 1. The van der Waals surface area contributed by atoms with Crippen molar-refractivity contribution in [1.29, 1.82) is 0 Å². The summed E-state index contributed by atoms with van der Waals surface area (Å²) in [7, 11) is -3.02. The highest BCUT2D eigenvalue weighted by molar-refractivity contribution is 7.89. The van der Waals surface area contributed by atoms with Crippen LogP contribution in [0.15, 0.2) is 30.9 Å². The van der Waals surface area contributed by atoms with Crippen molar-refractivity contribution in [2.75, 3.05) is 18.1 Å². The zero-order valence-electron chi connectivity index (χ0n) is 10.4. The van der Waals surface area contributed by atoms with Gasteiger partial charge in [0.25, 0.3) is 0 Å². The predicted molar refractivity (Wildman–Crippen MR) is 77.9 cm³/mol. The van der Waals surface area contributed by atoms with Gasteiger partial charge in [-0.25, -0.2) is 8.42 Å². The third kappa shape index (κ3) is 5.56. The molecule has 0 aliphatic carbocycles. The first kappa shape index (κ1) is 15.1. The first-order valence-electron chi connectivity index (χ1n) is 5.73. The molecule has 1 aromatic carbocycles. The van der Waals surface area contributed by atoms with Gasteiger partial charge in [0.15, 0.2) is 9.84 Å². The summed E-state index contributed by atoms with van der Waals surface area (Å²) >= 11 is 6.05. The monoisotopic (exact) mass is 287 g/mol. The molecular formula is C13H18ClNO2S. The summed E-state index contributed by atoms with van der Waals surface area (Å²) in [6.45, 7) is 4.44. The van der Waals surface area contributed by atoms with Crippen molar-refractivity contribution in [3.8, 4) is 0 Å². The van der Waals surface area contributed by atoms with Gasteiger partial charge in [0.2, 0.25) is 0 Å². The summed E-state index contributed by atoms with van der Waals surface area (Å²) in [5, 5.41) is 3.80. The number of nitrogens with one attached hydrogen (secondary N) is 1. The Morgan fingerprint density at radius 2 is 2.17 bits per heavy atom. The number of hydrogen-bond acceptors (Lipinski definition) is 3. The van der Waals surface area contributed by atoms with Crippen molar-refractivity contribution in [1.82, 2.24) is 0 Å². The maximum atomic E-state index is 11.2. The molecule has 18 heavy (non-hydrogen) atoms. The van der Waals surface area contributed by atoms with E-state index in [1.54, 1.807) is 18.2 Å². The lowest BCUT2D eigenvalue weighted by Gasteiger charge is -2.09. The highest BCUT2D eigenvalue weighted by Gasteiger charge is 2.07. The highest BCUT2D eigenvalue weighted by atomic mass is 35.5. The topological polar surface area (TPSA) is 46.2 Å². The number of sulfone groups is 1. The Labute approximate surface area is 114 Å². The van der Waals surface area contributed by atoms with Crippen LogP contribution in [0.5, 0.6) is 0 Å². The molecule has 0 bridgehead atoms. The summed E-state index contributed by atoms with van der Waals surface area (Å²) in [5.74, 6) is 0.0332. The van der Waals surface area contributed by atoms with Gasteiger partial charge in [-0.05, 0) is 30.5 Å². The van der Waals surface area contributed by atoms with Crippen LogP contribution in [-0.2, 0) is 15.6 Å². The standard InChI is InChI=1S/C13H18ClNO2S/c1-3-4-5-8-15-13-9-11(6-7-12(13)14)10-18(2,16)17/h3,6-7,9,15H,1,4-5,8,10H2,2H3. The van der Waals surface area contributed by atoms with Crippen molar-refractivity contribution in [2.45, 2.75) is 18.6 Å². The Morgan fingerprint density at radius 3 is 2.78 bits per heavy atom. The van der Waals surface area contributed by atoms with Crippen LogP contribution in [0.4, 0.5) is 5.69 Å². The molecule has 0 fully saturated rings. The predicted octanol–water partition coefficient (Wildman–Crippen LogP) is 3.26. The van der Waals surface area contributed by atoms with Gasteiger partial charge in [0.1, 0.15) is 0 Å². The van der Waals surface area contributed by atoms with E-state index in [9.17, 15) is 8.42 Å². The van der Waals surface area contributed by atoms with E-state index in [1.165, 1.54) is 6.26 Å². The van der Waals surface area contributed by atoms with E-state index in [4.69, 9.17) is 11.6 Å². The van der Waals surface area contributed by atoms with Crippen LogP contribution in [-0.4, -0.2) is 21.2 Å². The van der Waals surface area contributed by atoms with Gasteiger partial charge >= 0.3 is 0 Å². The van der Waals surface area contributed by atoms with Gasteiger partial charge in [0.05, 0.1) is 16.5 Å². The van der Waals surface area contributed by atoms with Crippen molar-refractivity contribution in [2.24, 2.45) is 0 Å². The molecule has 1 aromatic rings. The molecule has 5 heteroatoms. The third-order valence-electron chi connectivity index (χ3n) is 2.36. The van der Waals surface area contributed by atoms with E-state index in [0.29, 0.717) is 5.02 Å². The van der Waals surface area contributed by atoms with Gasteiger partial charge < -0.3 is 5.32 Å². The fraction of sp³-hybridized carbons (Fsp3) is 0.385. The Bertz CT molecular complexity index is 512. The number of halogens is 1. The van der Waals surface area contributed by atoms with E-state index in [2.05, 4.69) is 11.9 Å². The molecule has 3 nitrogen and oxygen atoms in total. The molecule has 0 heterocycles. The molecule has 1 rings (SSSR count). The number of hydrogen-bond donors (Lipinski definition) is 1. The Kier molecular flexibility index (Phi) is 5.69. The number of unbranched alkanes of at least 4 members (excludes halogenated alkanes) is 1. The molecule has 0 saturated heterocycles. The fourth-order valence-corrected chi connectivity index (χ4v) is 2.54. The zero-order valence-corrected chi connectivity index (χ0v) is 12.0. The minimum Gasteiger partial charge on any atom is -0.384 e. The molecule has 0 aliphatic rings. The molecule has 0 radical (unpaired) electrons. The lowest BCUT2D eigenvalue weighted by atomic mass is 10.2. The lowest BCUT2D eigenvalue weighted by Crippen LogP contribution is -2.04. The molecular weight excluding hydrogens is 270 g/mol. The zero-order chi connectivity index (χ0) is 13.6. The van der Waals surface area contributed by atoms with Crippen molar-refractivity contribution >= 4 is 27.1 Å². The van der Waals surface area contributed by atoms with Crippen LogP contribution in [0.1, 0.15) is 18.4 Å². The van der Waals surface area contributed by atoms with Gasteiger partial charge in [-0.3, -0.25) is 0 Å². The molecule has 100 valence electrons. The van der Waals surface area contributed by atoms with E-state index >= 15 is 0 Å². The first-order valence-corrected chi connectivity index (χ1v) is 8.17. The van der Waals surface area contributed by atoms with Crippen molar-refractivity contribution < 1.29 is 8.42 Å². The Morgan fingerprint density at radius 1 is 1.44 bits per heavy atom. The van der Waals surface area contributed by atoms with Crippen LogP contribution in [0, 0.1) is 0 Å². The molecule has 0 aliphatic heterocycles. The number of anilines is 1. The van der Waals surface area contributed by atoms with Gasteiger partial charge in [0, 0.05) is 12.8 Å². The Balaban J connectivity index is 2.72. The Hall–Kier alpha value is -1.00. The highest BCUT2D eigenvalue weighted by Crippen LogP contribution is 2.24. The van der Waals surface area contributed by atoms with Crippen molar-refractivity contribution in [3.63, 3.8) is 0 Å². The largest absolute Gasteiger partial charge is 0.384 e. The van der Waals surface area contributed by atoms with Gasteiger partial charge in [-0.1, -0.05) is 23.7 Å². The second-order valence-corrected chi connectivity index (χ2v) is 6.79. The summed E-state index contributed by atoms with van der Waals surface area (Å²) in [4.78, 5) is 0. The summed E-state index contributed by atoms with van der Waals surface area (Å²) in [6, 6.07) is 5.24. The van der Waals surface area contributed by atoms with Gasteiger partial charge in [-0.2, -0.15) is 0 Å². The minimum absolute atomic E-state index is 0.0332. The second kappa shape index (κ2) is 6.81. The van der Waals surface area contributed by atoms with E-state index < -0.39 is 9.84 Å². The summed E-state index contributed by atoms with van der Waals surface area (Å²) < 4.78 is 22.5. The van der Waals surface area contributed by atoms with E-state index in [1.807, 2.05) is 6.08 Å². The molecule has 1 N–H and O–H groups in total. The molecule has 0 saturated carbocycles. The van der Waals surface area contributed by atoms with Crippen LogP contribution in [0.2, 0.25) is 5.02 Å². The molecule has 0 aromatic heterocycles. The minimum atomic E-state index is -3.02. The number of rotatable bonds is 7. The second-order valence-electron chi connectivity index (χ2n) is 4.24. The number of benzene rings is 1. The maximum absolute atomic E-state index is 11.2. The van der Waals surface area contributed by atoms with E-state index in [0.717, 1.165) is 30.6 Å². The molecule has 0 atom stereocenters.